The Bertz CT molecular complexity index is 357. The van der Waals surface area contributed by atoms with Crippen molar-refractivity contribution in [2.24, 2.45) is 0 Å². The standard InChI is InChI=1S/C10H11ClFNO2/c11-8-3-1-2-7(10(8)12)6-13-5-4-9(14)15/h1-3,13H,4-6H2,(H,14,15). The van der Waals surface area contributed by atoms with E-state index in [-0.39, 0.29) is 18.0 Å². The Morgan fingerprint density at radius 2 is 2.27 bits per heavy atom. The van der Waals surface area contributed by atoms with Crippen LogP contribution in [0.2, 0.25) is 5.02 Å². The molecule has 0 aliphatic heterocycles. The lowest BCUT2D eigenvalue weighted by Crippen LogP contribution is -2.18. The fraction of sp³-hybridized carbons (Fsp3) is 0.300. The quantitative estimate of drug-likeness (QED) is 0.763. The summed E-state index contributed by atoms with van der Waals surface area (Å²) in [5.74, 6) is -1.34. The number of carboxylic acid groups (broad SMARTS) is 1. The number of rotatable bonds is 5. The zero-order valence-electron chi connectivity index (χ0n) is 7.96. The molecule has 0 bridgehead atoms. The molecule has 0 unspecified atom stereocenters. The predicted molar refractivity (Wildman–Crippen MR) is 55.4 cm³/mol. The van der Waals surface area contributed by atoms with Gasteiger partial charge in [-0.3, -0.25) is 4.79 Å². The van der Waals surface area contributed by atoms with Gasteiger partial charge in [0.15, 0.2) is 0 Å². The third-order valence-electron chi connectivity index (χ3n) is 1.86. The van der Waals surface area contributed by atoms with Crippen molar-refractivity contribution in [2.75, 3.05) is 6.54 Å². The first-order valence-corrected chi connectivity index (χ1v) is 4.84. The van der Waals surface area contributed by atoms with Crippen LogP contribution in [0.25, 0.3) is 0 Å². The molecule has 1 aromatic carbocycles. The number of aliphatic carboxylic acids is 1. The fourth-order valence-electron chi connectivity index (χ4n) is 1.10. The van der Waals surface area contributed by atoms with Crippen molar-refractivity contribution >= 4 is 17.6 Å². The van der Waals surface area contributed by atoms with Crippen molar-refractivity contribution in [3.8, 4) is 0 Å². The lowest BCUT2D eigenvalue weighted by molar-refractivity contribution is -0.136. The SMILES string of the molecule is O=C(O)CCNCc1cccc(Cl)c1F. The number of carboxylic acids is 1. The zero-order chi connectivity index (χ0) is 11.3. The third-order valence-corrected chi connectivity index (χ3v) is 2.15. The highest BCUT2D eigenvalue weighted by Gasteiger charge is 2.05. The summed E-state index contributed by atoms with van der Waals surface area (Å²) in [6, 6.07) is 4.73. The van der Waals surface area contributed by atoms with E-state index in [1.165, 1.54) is 6.07 Å². The molecule has 0 saturated carbocycles. The lowest BCUT2D eigenvalue weighted by Gasteiger charge is -2.05. The average molecular weight is 232 g/mol. The summed E-state index contributed by atoms with van der Waals surface area (Å²) < 4.78 is 13.3. The van der Waals surface area contributed by atoms with E-state index in [1.807, 2.05) is 0 Å². The number of halogens is 2. The smallest absolute Gasteiger partial charge is 0.304 e. The molecule has 1 rings (SSSR count). The van der Waals surface area contributed by atoms with Gasteiger partial charge < -0.3 is 10.4 Å². The first kappa shape index (κ1) is 11.9. The molecule has 0 saturated heterocycles. The second-order valence-electron chi connectivity index (χ2n) is 3.03. The Hall–Kier alpha value is -1.13. The van der Waals surface area contributed by atoms with E-state index in [9.17, 15) is 9.18 Å². The van der Waals surface area contributed by atoms with Crippen LogP contribution in [0, 0.1) is 5.82 Å². The molecule has 0 aliphatic carbocycles. The number of hydrogen-bond acceptors (Lipinski definition) is 2. The predicted octanol–water partition coefficient (Wildman–Crippen LogP) is 2.04. The van der Waals surface area contributed by atoms with Crippen molar-refractivity contribution in [2.45, 2.75) is 13.0 Å². The Morgan fingerprint density at radius 1 is 1.53 bits per heavy atom. The maximum absolute atomic E-state index is 13.3. The number of nitrogens with one attached hydrogen (secondary N) is 1. The normalized spacial score (nSPS) is 10.3. The fourth-order valence-corrected chi connectivity index (χ4v) is 1.30. The monoisotopic (exact) mass is 231 g/mol. The topological polar surface area (TPSA) is 49.3 Å². The summed E-state index contributed by atoms with van der Waals surface area (Å²) in [4.78, 5) is 10.2. The molecule has 0 atom stereocenters. The maximum atomic E-state index is 13.3. The maximum Gasteiger partial charge on any atom is 0.304 e. The summed E-state index contributed by atoms with van der Waals surface area (Å²) in [5.41, 5.74) is 0.438. The van der Waals surface area contributed by atoms with Gasteiger partial charge in [-0.05, 0) is 6.07 Å². The summed E-state index contributed by atoms with van der Waals surface area (Å²) >= 11 is 5.58. The van der Waals surface area contributed by atoms with Gasteiger partial charge >= 0.3 is 5.97 Å². The van der Waals surface area contributed by atoms with Crippen LogP contribution in [0.5, 0.6) is 0 Å². The van der Waals surface area contributed by atoms with Crippen LogP contribution in [0.4, 0.5) is 4.39 Å². The largest absolute Gasteiger partial charge is 0.481 e. The van der Waals surface area contributed by atoms with E-state index in [4.69, 9.17) is 16.7 Å². The molecule has 82 valence electrons. The van der Waals surface area contributed by atoms with Gasteiger partial charge in [-0.25, -0.2) is 4.39 Å². The number of hydrogen-bond donors (Lipinski definition) is 2. The van der Waals surface area contributed by atoms with Gasteiger partial charge in [0.2, 0.25) is 0 Å². The van der Waals surface area contributed by atoms with Gasteiger partial charge in [0, 0.05) is 18.7 Å². The number of benzene rings is 1. The summed E-state index contributed by atoms with van der Waals surface area (Å²) in [5, 5.41) is 11.3. The minimum Gasteiger partial charge on any atom is -0.481 e. The zero-order valence-corrected chi connectivity index (χ0v) is 8.72. The Kier molecular flexibility index (Phi) is 4.52. The molecule has 3 nitrogen and oxygen atoms in total. The van der Waals surface area contributed by atoms with Crippen LogP contribution in [0.15, 0.2) is 18.2 Å². The molecule has 15 heavy (non-hydrogen) atoms. The van der Waals surface area contributed by atoms with E-state index in [0.29, 0.717) is 12.1 Å². The van der Waals surface area contributed by atoms with E-state index in [0.717, 1.165) is 0 Å². The first-order valence-electron chi connectivity index (χ1n) is 4.46. The van der Waals surface area contributed by atoms with E-state index < -0.39 is 11.8 Å². The van der Waals surface area contributed by atoms with Gasteiger partial charge in [0.1, 0.15) is 5.82 Å². The molecule has 1 aromatic rings. The molecular formula is C10H11ClFNO2. The highest BCUT2D eigenvalue weighted by Crippen LogP contribution is 2.17. The van der Waals surface area contributed by atoms with Crippen molar-refractivity contribution < 1.29 is 14.3 Å². The second-order valence-corrected chi connectivity index (χ2v) is 3.44. The van der Waals surface area contributed by atoms with Gasteiger partial charge in [-0.1, -0.05) is 23.7 Å². The molecule has 0 radical (unpaired) electrons. The second kappa shape index (κ2) is 5.68. The lowest BCUT2D eigenvalue weighted by atomic mass is 10.2. The van der Waals surface area contributed by atoms with E-state index in [1.54, 1.807) is 12.1 Å². The van der Waals surface area contributed by atoms with Crippen LogP contribution in [0.1, 0.15) is 12.0 Å². The molecule has 0 aromatic heterocycles. The van der Waals surface area contributed by atoms with Crippen molar-refractivity contribution in [3.63, 3.8) is 0 Å². The van der Waals surface area contributed by atoms with Gasteiger partial charge in [-0.15, -0.1) is 0 Å². The molecule has 2 N–H and O–H groups in total. The van der Waals surface area contributed by atoms with E-state index in [2.05, 4.69) is 5.32 Å². The van der Waals surface area contributed by atoms with Crippen LogP contribution in [-0.4, -0.2) is 17.6 Å². The van der Waals surface area contributed by atoms with Gasteiger partial charge in [0.05, 0.1) is 11.4 Å². The van der Waals surface area contributed by atoms with Crippen molar-refractivity contribution in [1.29, 1.82) is 0 Å². The summed E-state index contributed by atoms with van der Waals surface area (Å²) in [6.07, 6.45) is 0.0161. The van der Waals surface area contributed by atoms with Gasteiger partial charge in [0.25, 0.3) is 0 Å². The molecule has 0 amide bonds. The van der Waals surface area contributed by atoms with Crippen LogP contribution >= 0.6 is 11.6 Å². The minimum atomic E-state index is -0.880. The summed E-state index contributed by atoms with van der Waals surface area (Å²) in [6.45, 7) is 0.584. The van der Waals surface area contributed by atoms with Crippen LogP contribution in [0.3, 0.4) is 0 Å². The summed E-state index contributed by atoms with van der Waals surface area (Å²) in [7, 11) is 0. The molecule has 0 spiro atoms. The first-order chi connectivity index (χ1) is 7.11. The Labute approximate surface area is 91.9 Å². The molecular weight excluding hydrogens is 221 g/mol. The third kappa shape index (κ3) is 3.85. The average Bonchev–Trinajstić information content (AvgIpc) is 2.18. The van der Waals surface area contributed by atoms with E-state index >= 15 is 0 Å². The Balaban J connectivity index is 2.44. The highest BCUT2D eigenvalue weighted by atomic mass is 35.5. The van der Waals surface area contributed by atoms with Crippen LogP contribution in [-0.2, 0) is 11.3 Å². The molecule has 0 aliphatic rings. The molecule has 0 fully saturated rings. The minimum absolute atomic E-state index is 0.0161. The number of carbonyl (C=O) groups is 1. The Morgan fingerprint density at radius 3 is 2.93 bits per heavy atom. The van der Waals surface area contributed by atoms with Crippen molar-refractivity contribution in [1.82, 2.24) is 5.32 Å². The highest BCUT2D eigenvalue weighted by molar-refractivity contribution is 6.30. The van der Waals surface area contributed by atoms with Crippen molar-refractivity contribution in [3.05, 3.63) is 34.6 Å². The molecule has 5 heteroatoms. The molecule has 0 heterocycles. The van der Waals surface area contributed by atoms with Gasteiger partial charge in [-0.2, -0.15) is 0 Å². The van der Waals surface area contributed by atoms with Crippen LogP contribution < -0.4 is 5.32 Å².